The van der Waals surface area contributed by atoms with Gasteiger partial charge in [0, 0.05) is 6.42 Å². The summed E-state index contributed by atoms with van der Waals surface area (Å²) in [7, 11) is 0. The Bertz CT molecular complexity index is 1460. The van der Waals surface area contributed by atoms with Gasteiger partial charge in [-0.2, -0.15) is 0 Å². The van der Waals surface area contributed by atoms with Gasteiger partial charge in [-0.25, -0.2) is 0 Å². The number of benzene rings is 5. The van der Waals surface area contributed by atoms with Crippen molar-refractivity contribution in [1.29, 1.82) is 0 Å². The molecule has 1 N–H and O–H groups in total. The molecule has 0 unspecified atom stereocenters. The van der Waals surface area contributed by atoms with Crippen molar-refractivity contribution >= 4 is 0 Å². The van der Waals surface area contributed by atoms with Crippen LogP contribution in [0.2, 0.25) is 0 Å². The molecule has 2 atom stereocenters. The van der Waals surface area contributed by atoms with Crippen LogP contribution in [0.25, 0.3) is 0 Å². The first-order chi connectivity index (χ1) is 20.2. The van der Waals surface area contributed by atoms with Crippen molar-refractivity contribution in [3.05, 3.63) is 155 Å². The standard InChI is InChI=1S/C36H32O5/c37-35(32-20-29-18-10-11-19-31(29)41-32)30-21-33(38-23-26-12-4-1-5-13-26)36(40-25-28-16-8-3-9-17-28)34(22-30)39-24-27-14-6-2-7-15-27/h1-19,21-22,32,35,37H,20,23-25H2/t32-,35+/m1/s1. The Kier molecular flexibility index (Phi) is 8.15. The number of aliphatic hydroxyl groups is 1. The first-order valence-electron chi connectivity index (χ1n) is 13.8. The van der Waals surface area contributed by atoms with E-state index in [2.05, 4.69) is 0 Å². The van der Waals surface area contributed by atoms with Crippen molar-refractivity contribution in [2.24, 2.45) is 0 Å². The molecular formula is C36H32O5. The third-order valence-corrected chi connectivity index (χ3v) is 7.11. The summed E-state index contributed by atoms with van der Waals surface area (Å²) in [6, 6.07) is 41.5. The Labute approximate surface area is 240 Å². The highest BCUT2D eigenvalue weighted by Gasteiger charge is 2.31. The third kappa shape index (κ3) is 6.53. The lowest BCUT2D eigenvalue weighted by Gasteiger charge is -2.23. The average Bonchev–Trinajstić information content (AvgIpc) is 3.47. The summed E-state index contributed by atoms with van der Waals surface area (Å²) < 4.78 is 25.2. The van der Waals surface area contributed by atoms with Gasteiger partial charge in [-0.1, -0.05) is 109 Å². The quantitative estimate of drug-likeness (QED) is 0.187. The molecule has 0 saturated carbocycles. The molecule has 0 radical (unpaired) electrons. The summed E-state index contributed by atoms with van der Waals surface area (Å²) in [6.45, 7) is 1.02. The van der Waals surface area contributed by atoms with Crippen molar-refractivity contribution < 1.29 is 24.1 Å². The first-order valence-corrected chi connectivity index (χ1v) is 13.8. The van der Waals surface area contributed by atoms with Gasteiger partial charge in [-0.3, -0.25) is 0 Å². The minimum absolute atomic E-state index is 0.339. The van der Waals surface area contributed by atoms with Crippen LogP contribution in [0.5, 0.6) is 23.0 Å². The van der Waals surface area contributed by atoms with Crippen LogP contribution in [0.1, 0.15) is 33.9 Å². The molecule has 0 aliphatic carbocycles. The number of fused-ring (bicyclic) bond motifs is 1. The Morgan fingerprint density at radius 3 is 1.59 bits per heavy atom. The normalized spacial score (nSPS) is 14.5. The highest BCUT2D eigenvalue weighted by molar-refractivity contribution is 5.55. The van der Waals surface area contributed by atoms with E-state index in [1.165, 1.54) is 0 Å². The van der Waals surface area contributed by atoms with Crippen LogP contribution in [0.15, 0.2) is 127 Å². The maximum absolute atomic E-state index is 11.5. The molecule has 0 amide bonds. The number of aliphatic hydroxyl groups excluding tert-OH is 1. The lowest BCUT2D eigenvalue weighted by Crippen LogP contribution is -2.23. The van der Waals surface area contributed by atoms with Crippen molar-refractivity contribution in [1.82, 2.24) is 0 Å². The number of hydrogen-bond acceptors (Lipinski definition) is 5. The number of rotatable bonds is 11. The molecule has 0 fully saturated rings. The fourth-order valence-corrected chi connectivity index (χ4v) is 4.92. The van der Waals surface area contributed by atoms with E-state index in [0.717, 1.165) is 28.0 Å². The predicted molar refractivity (Wildman–Crippen MR) is 158 cm³/mol. The zero-order valence-electron chi connectivity index (χ0n) is 22.7. The van der Waals surface area contributed by atoms with E-state index in [-0.39, 0.29) is 0 Å². The summed E-state index contributed by atoms with van der Waals surface area (Å²) in [5, 5.41) is 11.5. The van der Waals surface area contributed by atoms with Crippen LogP contribution in [0.3, 0.4) is 0 Å². The van der Waals surface area contributed by atoms with E-state index < -0.39 is 12.2 Å². The van der Waals surface area contributed by atoms with E-state index in [1.807, 2.05) is 127 Å². The molecule has 1 aliphatic heterocycles. The summed E-state index contributed by atoms with van der Waals surface area (Å²) in [5.74, 6) is 2.30. The van der Waals surface area contributed by atoms with Gasteiger partial charge < -0.3 is 24.1 Å². The Morgan fingerprint density at radius 1 is 0.610 bits per heavy atom. The molecule has 1 aliphatic rings. The van der Waals surface area contributed by atoms with Crippen LogP contribution in [-0.4, -0.2) is 11.2 Å². The molecule has 0 spiro atoms. The van der Waals surface area contributed by atoms with Crippen LogP contribution >= 0.6 is 0 Å². The Hall–Kier alpha value is -4.74. The molecule has 5 heteroatoms. The lowest BCUT2D eigenvalue weighted by molar-refractivity contribution is 0.0487. The van der Waals surface area contributed by atoms with E-state index >= 15 is 0 Å². The van der Waals surface area contributed by atoms with Crippen molar-refractivity contribution in [3.8, 4) is 23.0 Å². The molecular weight excluding hydrogens is 512 g/mol. The highest BCUT2D eigenvalue weighted by atomic mass is 16.5. The molecule has 5 aromatic carbocycles. The largest absolute Gasteiger partial charge is 0.487 e. The minimum atomic E-state index is -0.899. The van der Waals surface area contributed by atoms with Gasteiger partial charge in [0.2, 0.25) is 5.75 Å². The third-order valence-electron chi connectivity index (χ3n) is 7.11. The monoisotopic (exact) mass is 544 g/mol. The SMILES string of the molecule is O[C@@H](c1cc(OCc2ccccc2)c(OCc2ccccc2)c(OCc2ccccc2)c1)[C@H]1Cc2ccccc2O1. The summed E-state index contributed by atoms with van der Waals surface area (Å²) >= 11 is 0. The molecule has 6 rings (SSSR count). The smallest absolute Gasteiger partial charge is 0.203 e. The maximum atomic E-state index is 11.5. The van der Waals surface area contributed by atoms with Crippen molar-refractivity contribution in [2.45, 2.75) is 38.4 Å². The van der Waals surface area contributed by atoms with Gasteiger partial charge in [0.1, 0.15) is 37.8 Å². The van der Waals surface area contributed by atoms with Gasteiger partial charge >= 0.3 is 0 Å². The van der Waals surface area contributed by atoms with Crippen LogP contribution in [0.4, 0.5) is 0 Å². The van der Waals surface area contributed by atoms with E-state index in [4.69, 9.17) is 18.9 Å². The summed E-state index contributed by atoms with van der Waals surface area (Å²) in [6.07, 6.45) is -0.708. The number of hydrogen-bond donors (Lipinski definition) is 1. The fourth-order valence-electron chi connectivity index (χ4n) is 4.92. The molecule has 0 saturated heterocycles. The average molecular weight is 545 g/mol. The van der Waals surface area contributed by atoms with Crippen LogP contribution in [0, 0.1) is 0 Å². The van der Waals surface area contributed by atoms with E-state index in [1.54, 1.807) is 0 Å². The molecule has 5 aromatic rings. The topological polar surface area (TPSA) is 57.2 Å². The Balaban J connectivity index is 1.34. The fraction of sp³-hybridized carbons (Fsp3) is 0.167. The lowest BCUT2D eigenvalue weighted by atomic mass is 9.99. The molecule has 1 heterocycles. The molecule has 5 nitrogen and oxygen atoms in total. The zero-order valence-corrected chi connectivity index (χ0v) is 22.7. The minimum Gasteiger partial charge on any atom is -0.487 e. The molecule has 0 aromatic heterocycles. The second-order valence-corrected chi connectivity index (χ2v) is 10.1. The zero-order chi connectivity index (χ0) is 27.9. The number of para-hydroxylation sites is 1. The molecule has 41 heavy (non-hydrogen) atoms. The Morgan fingerprint density at radius 2 is 1.07 bits per heavy atom. The van der Waals surface area contributed by atoms with Crippen molar-refractivity contribution in [2.75, 3.05) is 0 Å². The van der Waals surface area contributed by atoms with Gasteiger partial charge in [0.25, 0.3) is 0 Å². The second-order valence-electron chi connectivity index (χ2n) is 10.1. The predicted octanol–water partition coefficient (Wildman–Crippen LogP) is 7.46. The highest BCUT2D eigenvalue weighted by Crippen LogP contribution is 2.43. The van der Waals surface area contributed by atoms with Crippen molar-refractivity contribution in [3.63, 3.8) is 0 Å². The summed E-state index contributed by atoms with van der Waals surface area (Å²) in [4.78, 5) is 0. The second kappa shape index (κ2) is 12.6. The molecule has 206 valence electrons. The van der Waals surface area contributed by atoms with E-state index in [0.29, 0.717) is 49.1 Å². The summed E-state index contributed by atoms with van der Waals surface area (Å²) in [5.41, 5.74) is 4.79. The van der Waals surface area contributed by atoms with Gasteiger partial charge in [0.15, 0.2) is 11.5 Å². The van der Waals surface area contributed by atoms with E-state index in [9.17, 15) is 5.11 Å². The van der Waals surface area contributed by atoms with Gasteiger partial charge in [0.05, 0.1) is 0 Å². The van der Waals surface area contributed by atoms with Gasteiger partial charge in [-0.05, 0) is 46.0 Å². The molecule has 0 bridgehead atoms. The number of ether oxygens (including phenoxy) is 4. The first kappa shape index (κ1) is 26.5. The maximum Gasteiger partial charge on any atom is 0.203 e. The van der Waals surface area contributed by atoms with Crippen LogP contribution < -0.4 is 18.9 Å². The van der Waals surface area contributed by atoms with Gasteiger partial charge in [-0.15, -0.1) is 0 Å². The van der Waals surface area contributed by atoms with Crippen LogP contribution in [-0.2, 0) is 26.2 Å².